The number of ether oxygens (including phenoxy) is 3. The van der Waals surface area contributed by atoms with Crippen LogP contribution in [0.2, 0.25) is 0 Å². The highest BCUT2D eigenvalue weighted by atomic mass is 127. The van der Waals surface area contributed by atoms with Crippen molar-refractivity contribution >= 4 is 29.9 Å². The lowest BCUT2D eigenvalue weighted by Gasteiger charge is -2.19. The van der Waals surface area contributed by atoms with Crippen LogP contribution in [0.15, 0.2) is 47.5 Å². The Bertz CT molecular complexity index is 814. The molecule has 6 nitrogen and oxygen atoms in total. The molecule has 0 saturated heterocycles. The molecule has 164 valence electrons. The van der Waals surface area contributed by atoms with Crippen LogP contribution < -0.4 is 24.8 Å². The number of benzene rings is 2. The number of hydrogen-bond acceptors (Lipinski definition) is 4. The summed E-state index contributed by atoms with van der Waals surface area (Å²) in [7, 11) is 6.74. The van der Waals surface area contributed by atoms with Gasteiger partial charge in [-0.1, -0.05) is 30.3 Å². The van der Waals surface area contributed by atoms with Gasteiger partial charge < -0.3 is 24.8 Å². The average Bonchev–Trinajstić information content (AvgIpc) is 3.57. The van der Waals surface area contributed by atoms with Gasteiger partial charge in [-0.15, -0.1) is 24.0 Å². The monoisotopic (exact) mass is 525 g/mol. The van der Waals surface area contributed by atoms with Gasteiger partial charge in [0.1, 0.15) is 17.2 Å². The minimum atomic E-state index is 0. The summed E-state index contributed by atoms with van der Waals surface area (Å²) in [5.41, 5.74) is 2.64. The summed E-state index contributed by atoms with van der Waals surface area (Å²) in [6.45, 7) is 1.59. The zero-order valence-electron chi connectivity index (χ0n) is 18.2. The molecule has 0 spiro atoms. The molecule has 2 aromatic rings. The van der Waals surface area contributed by atoms with Crippen LogP contribution in [0.5, 0.6) is 17.2 Å². The standard InChI is InChI=1S/C23H31N3O3.HI/c1-24-22(26-16-23(11-12-23)17-8-6-5-7-9-17)25-13-10-19-20(28-3)14-18(27-2)15-21(19)29-4;/h5-9,14-15H,10-13,16H2,1-4H3,(H2,24,25,26);1H. The van der Waals surface area contributed by atoms with E-state index in [1.54, 1.807) is 28.4 Å². The van der Waals surface area contributed by atoms with E-state index in [0.717, 1.165) is 36.0 Å². The molecule has 2 N–H and O–H groups in total. The minimum absolute atomic E-state index is 0. The number of methoxy groups -OCH3 is 3. The van der Waals surface area contributed by atoms with Crippen molar-refractivity contribution in [2.45, 2.75) is 24.7 Å². The fourth-order valence-electron chi connectivity index (χ4n) is 3.61. The van der Waals surface area contributed by atoms with Crippen LogP contribution in [0.3, 0.4) is 0 Å². The SMILES string of the molecule is CN=C(NCCc1c(OC)cc(OC)cc1OC)NCC1(c2ccccc2)CC1.I. The molecular formula is C23H32IN3O3. The zero-order valence-corrected chi connectivity index (χ0v) is 20.5. The second-order valence-electron chi connectivity index (χ2n) is 7.26. The molecule has 0 aromatic heterocycles. The molecule has 7 heteroatoms. The summed E-state index contributed by atoms with van der Waals surface area (Å²) in [5, 5.41) is 6.89. The first-order valence-electron chi connectivity index (χ1n) is 9.94. The van der Waals surface area contributed by atoms with E-state index in [-0.39, 0.29) is 29.4 Å². The van der Waals surface area contributed by atoms with Crippen molar-refractivity contribution < 1.29 is 14.2 Å². The smallest absolute Gasteiger partial charge is 0.191 e. The van der Waals surface area contributed by atoms with Gasteiger partial charge >= 0.3 is 0 Å². The van der Waals surface area contributed by atoms with Gasteiger partial charge in [0.15, 0.2) is 5.96 Å². The highest BCUT2D eigenvalue weighted by Crippen LogP contribution is 2.47. The molecule has 1 fully saturated rings. The van der Waals surface area contributed by atoms with Gasteiger partial charge in [-0.05, 0) is 24.8 Å². The third-order valence-corrected chi connectivity index (χ3v) is 5.54. The Hall–Kier alpha value is -2.16. The first-order chi connectivity index (χ1) is 14.2. The number of aliphatic imine (C=N–C) groups is 1. The summed E-state index contributed by atoms with van der Waals surface area (Å²) in [6, 6.07) is 14.5. The van der Waals surface area contributed by atoms with Crippen LogP contribution in [-0.4, -0.2) is 47.4 Å². The zero-order chi connectivity index (χ0) is 20.7. The number of nitrogens with zero attached hydrogens (tertiary/aromatic N) is 1. The number of rotatable bonds is 9. The van der Waals surface area contributed by atoms with Gasteiger partial charge in [-0.25, -0.2) is 0 Å². The van der Waals surface area contributed by atoms with Gasteiger partial charge in [0.05, 0.1) is 21.3 Å². The van der Waals surface area contributed by atoms with Crippen molar-refractivity contribution in [2.24, 2.45) is 4.99 Å². The Kier molecular flexibility index (Phi) is 9.08. The average molecular weight is 525 g/mol. The Morgan fingerprint density at radius 3 is 2.10 bits per heavy atom. The van der Waals surface area contributed by atoms with E-state index < -0.39 is 0 Å². The van der Waals surface area contributed by atoms with E-state index in [1.807, 2.05) is 12.1 Å². The molecule has 1 saturated carbocycles. The summed E-state index contributed by atoms with van der Waals surface area (Å²) in [4.78, 5) is 4.37. The molecule has 30 heavy (non-hydrogen) atoms. The van der Waals surface area contributed by atoms with Crippen molar-refractivity contribution in [3.8, 4) is 17.2 Å². The van der Waals surface area contributed by atoms with E-state index in [1.165, 1.54) is 18.4 Å². The number of guanidine groups is 1. The molecule has 0 amide bonds. The maximum absolute atomic E-state index is 5.53. The van der Waals surface area contributed by atoms with E-state index in [9.17, 15) is 0 Å². The van der Waals surface area contributed by atoms with Crippen molar-refractivity contribution in [1.29, 1.82) is 0 Å². The quantitative estimate of drug-likeness (QED) is 0.297. The molecule has 0 aliphatic heterocycles. The molecule has 0 bridgehead atoms. The van der Waals surface area contributed by atoms with E-state index in [2.05, 4.69) is 46.0 Å². The van der Waals surface area contributed by atoms with Gasteiger partial charge in [-0.3, -0.25) is 4.99 Å². The van der Waals surface area contributed by atoms with Crippen molar-refractivity contribution in [2.75, 3.05) is 41.5 Å². The van der Waals surface area contributed by atoms with Gasteiger partial charge in [-0.2, -0.15) is 0 Å². The number of nitrogens with one attached hydrogen (secondary N) is 2. The largest absolute Gasteiger partial charge is 0.496 e. The van der Waals surface area contributed by atoms with Gasteiger partial charge in [0, 0.05) is 43.2 Å². The molecular weight excluding hydrogens is 493 g/mol. The fourth-order valence-corrected chi connectivity index (χ4v) is 3.61. The summed E-state index contributed by atoms with van der Waals surface area (Å²) in [5.74, 6) is 3.03. The van der Waals surface area contributed by atoms with Crippen LogP contribution in [0.4, 0.5) is 0 Å². The van der Waals surface area contributed by atoms with E-state index >= 15 is 0 Å². The lowest BCUT2D eigenvalue weighted by atomic mass is 9.96. The van der Waals surface area contributed by atoms with Crippen molar-refractivity contribution in [3.63, 3.8) is 0 Å². The van der Waals surface area contributed by atoms with E-state index in [4.69, 9.17) is 14.2 Å². The van der Waals surface area contributed by atoms with Crippen LogP contribution in [-0.2, 0) is 11.8 Å². The topological polar surface area (TPSA) is 64.1 Å². The third-order valence-electron chi connectivity index (χ3n) is 5.54. The normalized spacial score (nSPS) is 14.3. The molecule has 0 radical (unpaired) electrons. The Balaban J connectivity index is 0.00000320. The van der Waals surface area contributed by atoms with Gasteiger partial charge in [0.25, 0.3) is 0 Å². The highest BCUT2D eigenvalue weighted by molar-refractivity contribution is 14.0. The predicted molar refractivity (Wildman–Crippen MR) is 132 cm³/mol. The molecule has 3 rings (SSSR count). The first kappa shape index (κ1) is 24.1. The Morgan fingerprint density at radius 1 is 0.967 bits per heavy atom. The molecule has 2 aromatic carbocycles. The lowest BCUT2D eigenvalue weighted by Crippen LogP contribution is -2.42. The molecule has 1 aliphatic carbocycles. The lowest BCUT2D eigenvalue weighted by molar-refractivity contribution is 0.368. The Morgan fingerprint density at radius 2 is 1.60 bits per heavy atom. The predicted octanol–water partition coefficient (Wildman–Crippen LogP) is 3.77. The van der Waals surface area contributed by atoms with Crippen molar-refractivity contribution in [3.05, 3.63) is 53.6 Å². The maximum atomic E-state index is 5.53. The Labute approximate surface area is 196 Å². The summed E-state index contributed by atoms with van der Waals surface area (Å²) >= 11 is 0. The minimum Gasteiger partial charge on any atom is -0.496 e. The van der Waals surface area contributed by atoms with Gasteiger partial charge in [0.2, 0.25) is 0 Å². The second kappa shape index (κ2) is 11.3. The first-order valence-corrected chi connectivity index (χ1v) is 9.94. The maximum Gasteiger partial charge on any atom is 0.191 e. The third kappa shape index (κ3) is 5.71. The number of hydrogen-bond donors (Lipinski definition) is 2. The highest BCUT2D eigenvalue weighted by Gasteiger charge is 2.43. The van der Waals surface area contributed by atoms with Crippen molar-refractivity contribution in [1.82, 2.24) is 10.6 Å². The van der Waals surface area contributed by atoms with Crippen LogP contribution in [0.25, 0.3) is 0 Å². The molecule has 0 unspecified atom stereocenters. The molecule has 1 aliphatic rings. The number of halogens is 1. The van der Waals surface area contributed by atoms with Crippen LogP contribution in [0, 0.1) is 0 Å². The van der Waals surface area contributed by atoms with E-state index in [0.29, 0.717) is 12.3 Å². The molecule has 0 heterocycles. The van der Waals surface area contributed by atoms with Crippen LogP contribution >= 0.6 is 24.0 Å². The fraction of sp³-hybridized carbons (Fsp3) is 0.435. The van der Waals surface area contributed by atoms with Crippen LogP contribution in [0.1, 0.15) is 24.0 Å². The summed E-state index contributed by atoms with van der Waals surface area (Å²) < 4.78 is 16.4. The second-order valence-corrected chi connectivity index (χ2v) is 7.26. The molecule has 0 atom stereocenters. The summed E-state index contributed by atoms with van der Waals surface area (Å²) in [6.07, 6.45) is 3.16.